The van der Waals surface area contributed by atoms with Gasteiger partial charge in [0.2, 0.25) is 11.9 Å². The quantitative estimate of drug-likeness (QED) is 0.453. The summed E-state index contributed by atoms with van der Waals surface area (Å²) in [7, 11) is 3.33. The van der Waals surface area contributed by atoms with Gasteiger partial charge in [0.1, 0.15) is 17.0 Å². The van der Waals surface area contributed by atoms with Gasteiger partial charge < -0.3 is 25.8 Å². The molecule has 0 aliphatic heterocycles. The highest BCUT2D eigenvalue weighted by molar-refractivity contribution is 5.75. The summed E-state index contributed by atoms with van der Waals surface area (Å²) in [4.78, 5) is 14.4. The average Bonchev–Trinajstić information content (AvgIpc) is 3.51. The van der Waals surface area contributed by atoms with Gasteiger partial charge in [-0.2, -0.15) is 4.98 Å². The highest BCUT2D eigenvalue weighted by Gasteiger charge is 2.25. The van der Waals surface area contributed by atoms with Crippen LogP contribution in [-0.2, 0) is 6.54 Å². The minimum atomic E-state index is 0.323. The van der Waals surface area contributed by atoms with Gasteiger partial charge in [-0.1, -0.05) is 12.8 Å². The molecule has 0 spiro atoms. The third-order valence-electron chi connectivity index (χ3n) is 7.09. The zero-order valence-electron chi connectivity index (χ0n) is 20.1. The summed E-state index contributed by atoms with van der Waals surface area (Å²) in [6, 6.07) is 6.99. The van der Waals surface area contributed by atoms with Crippen LogP contribution in [0.1, 0.15) is 63.0 Å². The van der Waals surface area contributed by atoms with Gasteiger partial charge in [-0.15, -0.1) is 0 Å². The van der Waals surface area contributed by atoms with E-state index in [1.807, 2.05) is 24.4 Å². The first-order chi connectivity index (χ1) is 16.6. The van der Waals surface area contributed by atoms with Crippen LogP contribution in [0.3, 0.4) is 0 Å². The van der Waals surface area contributed by atoms with Crippen molar-refractivity contribution in [3.05, 3.63) is 30.0 Å². The van der Waals surface area contributed by atoms with Crippen LogP contribution in [0.4, 0.5) is 11.9 Å². The monoisotopic (exact) mass is 465 g/mol. The van der Waals surface area contributed by atoms with Gasteiger partial charge in [0.25, 0.3) is 0 Å². The summed E-state index contributed by atoms with van der Waals surface area (Å²) in [5, 5.41) is 7.08. The van der Waals surface area contributed by atoms with Crippen molar-refractivity contribution >= 4 is 23.1 Å². The molecule has 2 aromatic heterocycles. The summed E-state index contributed by atoms with van der Waals surface area (Å²) in [6.07, 6.45) is 10.8. The number of imidazole rings is 1. The van der Waals surface area contributed by atoms with E-state index in [4.69, 9.17) is 25.2 Å². The first kappa shape index (κ1) is 22.7. The normalized spacial score (nSPS) is 21.0. The van der Waals surface area contributed by atoms with Crippen LogP contribution in [0.15, 0.2) is 24.4 Å². The molecule has 182 valence electrons. The molecule has 0 radical (unpaired) electrons. The van der Waals surface area contributed by atoms with Crippen LogP contribution in [0.25, 0.3) is 11.2 Å². The number of aromatic nitrogens is 4. The Morgan fingerprint density at radius 3 is 2.35 bits per heavy atom. The fraction of sp³-hybridized carbons (Fsp3) is 0.560. The molecule has 9 nitrogen and oxygen atoms in total. The third-order valence-corrected chi connectivity index (χ3v) is 7.09. The topological polar surface area (TPSA) is 112 Å². The van der Waals surface area contributed by atoms with E-state index in [1.54, 1.807) is 14.2 Å². The Kier molecular flexibility index (Phi) is 6.71. The molecular formula is C25H35N7O2. The lowest BCUT2D eigenvalue weighted by atomic mass is 9.92. The van der Waals surface area contributed by atoms with E-state index in [0.29, 0.717) is 30.6 Å². The van der Waals surface area contributed by atoms with E-state index in [9.17, 15) is 0 Å². The molecule has 9 heteroatoms. The number of benzene rings is 1. The standard InChI is InChI=1S/C25H35N7O2/c1-33-20-11-16(12-21(13-20)34-2)14-28-25-30-22-15-27-24(29-18-9-7-17(26)8-10-18)31-23(22)32(25)19-5-3-4-6-19/h11-13,15,17-19H,3-10,14,26H2,1-2H3,(H,28,30)(H,27,29,31). The van der Waals surface area contributed by atoms with Gasteiger partial charge in [0, 0.05) is 30.7 Å². The largest absolute Gasteiger partial charge is 0.497 e. The van der Waals surface area contributed by atoms with Crippen LogP contribution >= 0.6 is 0 Å². The number of nitrogens with zero attached hydrogens (tertiary/aromatic N) is 4. The second-order valence-electron chi connectivity index (χ2n) is 9.48. The molecule has 0 unspecified atom stereocenters. The maximum Gasteiger partial charge on any atom is 0.224 e. The van der Waals surface area contributed by atoms with E-state index < -0.39 is 0 Å². The summed E-state index contributed by atoms with van der Waals surface area (Å²) >= 11 is 0. The highest BCUT2D eigenvalue weighted by Crippen LogP contribution is 2.35. The van der Waals surface area contributed by atoms with E-state index in [0.717, 1.165) is 72.7 Å². The molecule has 2 fully saturated rings. The van der Waals surface area contributed by atoms with E-state index >= 15 is 0 Å². The molecule has 0 atom stereocenters. The van der Waals surface area contributed by atoms with Crippen molar-refractivity contribution in [3.8, 4) is 11.5 Å². The van der Waals surface area contributed by atoms with Crippen molar-refractivity contribution in [1.29, 1.82) is 0 Å². The highest BCUT2D eigenvalue weighted by atomic mass is 16.5. The molecule has 34 heavy (non-hydrogen) atoms. The molecule has 5 rings (SSSR count). The maximum absolute atomic E-state index is 6.07. The number of nitrogens with two attached hydrogens (primary N) is 1. The van der Waals surface area contributed by atoms with Crippen LogP contribution in [-0.4, -0.2) is 45.8 Å². The van der Waals surface area contributed by atoms with E-state index in [2.05, 4.69) is 20.2 Å². The van der Waals surface area contributed by atoms with Crippen molar-refractivity contribution in [2.24, 2.45) is 5.73 Å². The smallest absolute Gasteiger partial charge is 0.224 e. The lowest BCUT2D eigenvalue weighted by molar-refractivity contribution is 0.393. The SMILES string of the molecule is COc1cc(CNc2nc3cnc(NC4CCC(N)CC4)nc3n2C2CCCC2)cc(OC)c1. The number of hydrogen-bond acceptors (Lipinski definition) is 8. The predicted octanol–water partition coefficient (Wildman–Crippen LogP) is 4.25. The first-order valence-electron chi connectivity index (χ1n) is 12.4. The lowest BCUT2D eigenvalue weighted by Crippen LogP contribution is -2.33. The summed E-state index contributed by atoms with van der Waals surface area (Å²) in [5.74, 6) is 3.05. The number of rotatable bonds is 8. The minimum absolute atomic E-state index is 0.323. The second kappa shape index (κ2) is 10.0. The van der Waals surface area contributed by atoms with E-state index in [-0.39, 0.29) is 0 Å². The van der Waals surface area contributed by atoms with Crippen molar-refractivity contribution in [2.45, 2.75) is 76.0 Å². The molecule has 2 heterocycles. The first-order valence-corrected chi connectivity index (χ1v) is 12.4. The van der Waals surface area contributed by atoms with Crippen molar-refractivity contribution in [3.63, 3.8) is 0 Å². The van der Waals surface area contributed by atoms with Crippen molar-refractivity contribution < 1.29 is 9.47 Å². The Labute approximate surface area is 200 Å². The fourth-order valence-corrected chi connectivity index (χ4v) is 5.19. The van der Waals surface area contributed by atoms with Gasteiger partial charge in [0.15, 0.2) is 5.65 Å². The van der Waals surface area contributed by atoms with Crippen molar-refractivity contribution in [2.75, 3.05) is 24.9 Å². The van der Waals surface area contributed by atoms with Gasteiger partial charge >= 0.3 is 0 Å². The lowest BCUT2D eigenvalue weighted by Gasteiger charge is -2.26. The Hall–Kier alpha value is -3.07. The molecule has 0 amide bonds. The Morgan fingerprint density at radius 2 is 1.68 bits per heavy atom. The van der Waals surface area contributed by atoms with Gasteiger partial charge in [0.05, 0.1) is 20.4 Å². The minimum Gasteiger partial charge on any atom is -0.497 e. The second-order valence-corrected chi connectivity index (χ2v) is 9.48. The summed E-state index contributed by atoms with van der Waals surface area (Å²) < 4.78 is 13.1. The molecule has 0 bridgehead atoms. The van der Waals surface area contributed by atoms with Crippen molar-refractivity contribution in [1.82, 2.24) is 19.5 Å². The summed E-state index contributed by atoms with van der Waals surface area (Å²) in [6.45, 7) is 0.602. The zero-order valence-corrected chi connectivity index (χ0v) is 20.1. The van der Waals surface area contributed by atoms with E-state index in [1.165, 1.54) is 12.8 Å². The molecule has 1 aromatic carbocycles. The zero-order chi connectivity index (χ0) is 23.5. The Balaban J connectivity index is 1.41. The number of fused-ring (bicyclic) bond motifs is 1. The number of ether oxygens (including phenoxy) is 2. The van der Waals surface area contributed by atoms with Crippen LogP contribution in [0.2, 0.25) is 0 Å². The molecule has 4 N–H and O–H groups in total. The number of anilines is 2. The van der Waals surface area contributed by atoms with Gasteiger partial charge in [-0.25, -0.2) is 9.97 Å². The average molecular weight is 466 g/mol. The number of nitrogens with one attached hydrogen (secondary N) is 2. The van der Waals surface area contributed by atoms with Gasteiger partial charge in [-0.05, 0) is 56.2 Å². The third kappa shape index (κ3) is 4.89. The summed E-state index contributed by atoms with van der Waals surface area (Å²) in [5.41, 5.74) is 8.83. The molecule has 2 aliphatic rings. The Morgan fingerprint density at radius 1 is 0.971 bits per heavy atom. The molecule has 0 saturated heterocycles. The molecule has 2 saturated carbocycles. The number of methoxy groups -OCH3 is 2. The molecule has 2 aliphatic carbocycles. The predicted molar refractivity (Wildman–Crippen MR) is 134 cm³/mol. The van der Waals surface area contributed by atoms with Gasteiger partial charge in [-0.3, -0.25) is 4.57 Å². The fourth-order valence-electron chi connectivity index (χ4n) is 5.19. The molecular weight excluding hydrogens is 430 g/mol. The maximum atomic E-state index is 6.07. The number of hydrogen-bond donors (Lipinski definition) is 3. The molecule has 3 aromatic rings. The van der Waals surface area contributed by atoms with Crippen LogP contribution in [0.5, 0.6) is 11.5 Å². The Bertz CT molecular complexity index is 1100. The van der Waals surface area contributed by atoms with Crippen LogP contribution in [0, 0.1) is 0 Å². The van der Waals surface area contributed by atoms with Crippen LogP contribution < -0.4 is 25.8 Å².